The van der Waals surface area contributed by atoms with Crippen molar-refractivity contribution in [2.45, 2.75) is 20.0 Å². The molecule has 2 aromatic carbocycles. The van der Waals surface area contributed by atoms with Gasteiger partial charge in [-0.05, 0) is 59.5 Å². The summed E-state index contributed by atoms with van der Waals surface area (Å²) in [4.78, 5) is 0. The maximum absolute atomic E-state index is 10.8. The number of methoxy groups -OCH3 is 1. The van der Waals surface area contributed by atoms with Crippen molar-refractivity contribution in [1.82, 2.24) is 0 Å². The minimum Gasteiger partial charge on any atom is -0.496 e. The third kappa shape index (κ3) is 2.43. The Morgan fingerprint density at radius 1 is 1.10 bits per heavy atom. The third-order valence-corrected chi connectivity index (χ3v) is 4.79. The van der Waals surface area contributed by atoms with E-state index in [1.165, 1.54) is 4.70 Å². The van der Waals surface area contributed by atoms with Crippen molar-refractivity contribution in [3.05, 3.63) is 64.0 Å². The van der Waals surface area contributed by atoms with Crippen LogP contribution in [0.25, 0.3) is 10.1 Å². The Morgan fingerprint density at radius 3 is 2.43 bits per heavy atom. The third-order valence-electron chi connectivity index (χ3n) is 3.81. The van der Waals surface area contributed by atoms with Gasteiger partial charge in [0.05, 0.1) is 7.11 Å². The second kappa shape index (κ2) is 5.51. The van der Waals surface area contributed by atoms with Gasteiger partial charge in [-0.25, -0.2) is 0 Å². The highest BCUT2D eigenvalue weighted by Gasteiger charge is 2.17. The first kappa shape index (κ1) is 14.1. The van der Waals surface area contributed by atoms with E-state index in [4.69, 9.17) is 4.74 Å². The summed E-state index contributed by atoms with van der Waals surface area (Å²) in [6, 6.07) is 12.2. The van der Waals surface area contributed by atoms with E-state index >= 15 is 0 Å². The molecule has 0 aliphatic rings. The van der Waals surface area contributed by atoms with Gasteiger partial charge in [-0.1, -0.05) is 18.2 Å². The summed E-state index contributed by atoms with van der Waals surface area (Å²) in [5.74, 6) is 0.890. The molecule has 1 heterocycles. The van der Waals surface area contributed by atoms with Gasteiger partial charge in [-0.15, -0.1) is 11.3 Å². The molecule has 108 valence electrons. The number of aliphatic hydroxyl groups is 1. The fourth-order valence-corrected chi connectivity index (χ4v) is 3.83. The number of rotatable bonds is 3. The van der Waals surface area contributed by atoms with Gasteiger partial charge in [0.15, 0.2) is 0 Å². The maximum Gasteiger partial charge on any atom is 0.124 e. The number of aliphatic hydroxyl groups excluding tert-OH is 1. The molecule has 0 saturated heterocycles. The molecule has 0 aliphatic carbocycles. The standard InChI is InChI=1S/C18H18O2S/c1-11-8-13(9-12(2)18(11)20-3)17(19)15-10-21-16-7-5-4-6-14(15)16/h4-10,17,19H,1-3H3. The van der Waals surface area contributed by atoms with E-state index in [-0.39, 0.29) is 0 Å². The molecular weight excluding hydrogens is 280 g/mol. The Labute approximate surface area is 128 Å². The van der Waals surface area contributed by atoms with E-state index in [1.807, 2.05) is 43.5 Å². The smallest absolute Gasteiger partial charge is 0.124 e. The molecule has 0 bridgehead atoms. The normalized spacial score (nSPS) is 12.6. The fourth-order valence-electron chi connectivity index (χ4n) is 2.85. The molecule has 1 atom stereocenters. The Kier molecular flexibility index (Phi) is 3.70. The predicted octanol–water partition coefficient (Wildman–Crippen LogP) is 4.61. The van der Waals surface area contributed by atoms with Crippen molar-refractivity contribution in [3.63, 3.8) is 0 Å². The molecule has 0 amide bonds. The molecule has 3 heteroatoms. The summed E-state index contributed by atoms with van der Waals surface area (Å²) >= 11 is 1.67. The largest absolute Gasteiger partial charge is 0.496 e. The van der Waals surface area contributed by atoms with Crippen LogP contribution in [0.5, 0.6) is 5.75 Å². The second-order valence-electron chi connectivity index (χ2n) is 5.28. The number of ether oxygens (including phenoxy) is 1. The van der Waals surface area contributed by atoms with E-state index < -0.39 is 6.10 Å². The van der Waals surface area contributed by atoms with Gasteiger partial charge in [0.1, 0.15) is 11.9 Å². The van der Waals surface area contributed by atoms with Gasteiger partial charge in [0, 0.05) is 10.3 Å². The Bertz CT molecular complexity index is 766. The van der Waals surface area contributed by atoms with Crippen LogP contribution >= 0.6 is 11.3 Å². The summed E-state index contributed by atoms with van der Waals surface area (Å²) in [5.41, 5.74) is 3.98. The average Bonchev–Trinajstić information content (AvgIpc) is 2.90. The van der Waals surface area contributed by atoms with Gasteiger partial charge in [0.2, 0.25) is 0 Å². The zero-order valence-electron chi connectivity index (χ0n) is 12.4. The fraction of sp³-hybridized carbons (Fsp3) is 0.222. The highest BCUT2D eigenvalue weighted by atomic mass is 32.1. The molecule has 3 rings (SSSR count). The monoisotopic (exact) mass is 298 g/mol. The molecule has 1 aromatic heterocycles. The van der Waals surface area contributed by atoms with E-state index in [2.05, 4.69) is 12.1 Å². The summed E-state index contributed by atoms with van der Waals surface area (Å²) in [5, 5.41) is 13.9. The van der Waals surface area contributed by atoms with Gasteiger partial charge in [0.25, 0.3) is 0 Å². The van der Waals surface area contributed by atoms with Crippen molar-refractivity contribution >= 4 is 21.4 Å². The molecule has 1 N–H and O–H groups in total. The molecule has 0 spiro atoms. The van der Waals surface area contributed by atoms with Gasteiger partial charge >= 0.3 is 0 Å². The minimum absolute atomic E-state index is 0.607. The lowest BCUT2D eigenvalue weighted by atomic mass is 9.97. The van der Waals surface area contributed by atoms with Gasteiger partial charge < -0.3 is 9.84 Å². The molecule has 0 aliphatic heterocycles. The molecule has 3 aromatic rings. The van der Waals surface area contributed by atoms with Crippen molar-refractivity contribution in [1.29, 1.82) is 0 Å². The number of hydrogen-bond donors (Lipinski definition) is 1. The molecule has 21 heavy (non-hydrogen) atoms. The molecule has 2 nitrogen and oxygen atoms in total. The van der Waals surface area contributed by atoms with Crippen LogP contribution < -0.4 is 4.74 Å². The number of benzene rings is 2. The summed E-state index contributed by atoms with van der Waals surface area (Å²) in [6.45, 7) is 4.02. The van der Waals surface area contributed by atoms with Crippen LogP contribution in [-0.2, 0) is 0 Å². The van der Waals surface area contributed by atoms with Crippen molar-refractivity contribution in [3.8, 4) is 5.75 Å². The van der Waals surface area contributed by atoms with Crippen LogP contribution in [0.1, 0.15) is 28.4 Å². The number of hydrogen-bond acceptors (Lipinski definition) is 3. The van der Waals surface area contributed by atoms with E-state index in [1.54, 1.807) is 18.4 Å². The van der Waals surface area contributed by atoms with E-state index in [0.29, 0.717) is 0 Å². The van der Waals surface area contributed by atoms with Crippen LogP contribution in [0.3, 0.4) is 0 Å². The molecule has 0 saturated carbocycles. The lowest BCUT2D eigenvalue weighted by Gasteiger charge is -2.15. The first-order valence-corrected chi connectivity index (χ1v) is 7.79. The molecule has 0 fully saturated rings. The molecular formula is C18H18O2S. The Balaban J connectivity index is 2.08. The molecule has 1 unspecified atom stereocenters. The van der Waals surface area contributed by atoms with Crippen LogP contribution in [0.4, 0.5) is 0 Å². The van der Waals surface area contributed by atoms with Gasteiger partial charge in [-0.2, -0.15) is 0 Å². The first-order valence-electron chi connectivity index (χ1n) is 6.91. The topological polar surface area (TPSA) is 29.5 Å². The van der Waals surface area contributed by atoms with Gasteiger partial charge in [-0.3, -0.25) is 0 Å². The minimum atomic E-state index is -0.607. The lowest BCUT2D eigenvalue weighted by Crippen LogP contribution is -2.01. The summed E-state index contributed by atoms with van der Waals surface area (Å²) in [7, 11) is 1.68. The van der Waals surface area contributed by atoms with Crippen molar-refractivity contribution < 1.29 is 9.84 Å². The van der Waals surface area contributed by atoms with E-state index in [9.17, 15) is 5.11 Å². The number of fused-ring (bicyclic) bond motifs is 1. The van der Waals surface area contributed by atoms with Crippen molar-refractivity contribution in [2.75, 3.05) is 7.11 Å². The lowest BCUT2D eigenvalue weighted by molar-refractivity contribution is 0.222. The number of thiophene rings is 1. The van der Waals surface area contributed by atoms with Crippen LogP contribution in [0.2, 0.25) is 0 Å². The van der Waals surface area contributed by atoms with E-state index in [0.717, 1.165) is 33.4 Å². The van der Waals surface area contributed by atoms with Crippen LogP contribution in [0.15, 0.2) is 41.8 Å². The molecule has 0 radical (unpaired) electrons. The predicted molar refractivity (Wildman–Crippen MR) is 88.4 cm³/mol. The Morgan fingerprint density at radius 2 is 1.76 bits per heavy atom. The second-order valence-corrected chi connectivity index (χ2v) is 6.19. The SMILES string of the molecule is COc1c(C)cc(C(O)c2csc3ccccc23)cc1C. The highest BCUT2D eigenvalue weighted by Crippen LogP contribution is 2.35. The van der Waals surface area contributed by atoms with Crippen LogP contribution in [-0.4, -0.2) is 12.2 Å². The van der Waals surface area contributed by atoms with Crippen molar-refractivity contribution in [2.24, 2.45) is 0 Å². The quantitative estimate of drug-likeness (QED) is 0.765. The number of aryl methyl sites for hydroxylation is 2. The zero-order chi connectivity index (χ0) is 15.0. The summed E-state index contributed by atoms with van der Waals surface area (Å²) < 4.78 is 6.59. The maximum atomic E-state index is 10.8. The van der Waals surface area contributed by atoms with Crippen LogP contribution in [0, 0.1) is 13.8 Å². The Hall–Kier alpha value is -1.84. The highest BCUT2D eigenvalue weighted by molar-refractivity contribution is 7.17. The average molecular weight is 298 g/mol. The summed E-state index contributed by atoms with van der Waals surface area (Å²) in [6.07, 6.45) is -0.607. The zero-order valence-corrected chi connectivity index (χ0v) is 13.2. The first-order chi connectivity index (χ1) is 10.1.